The third-order valence-corrected chi connectivity index (χ3v) is 16.2. The summed E-state index contributed by atoms with van der Waals surface area (Å²) in [6.07, 6.45) is 4.71. The lowest BCUT2D eigenvalue weighted by Gasteiger charge is -2.30. The number of rotatable bonds is 18. The standard InChI is InChI=1S/C57H56F3N13O7S/c1-28(2)50(56(77)72-23-36(75)16-45(72)55(76)66-44(25-74)32-9-11-33(12-10-32)46-41(59)20-63-21-42(46)60)73-24-43(69-70-73)31-7-5-30(6-8-31)27-79-51-48(37-13-14-40(58)52-47(37)38(17-61)53(62)81-52)65-19-39-49(51)67-57(80-26-29(3)78-4)68-54(39)71-22-34-15-35(71)18-64-34/h5-14,19-21,24,28-29,34-36,44-45,50,64,74-75H,15-16,18,22-23,25-27,62H2,1-4H3,(H,66,76)/t29-,34-,35-,36+,44-,45-,50-/m0/s1. The second-order valence-electron chi connectivity index (χ2n) is 20.8. The Balaban J connectivity index is 0.850. The zero-order valence-corrected chi connectivity index (χ0v) is 45.2. The molecule has 24 heteroatoms. The molecule has 0 spiro atoms. The minimum atomic E-state index is -1.10. The number of aliphatic hydroxyl groups is 2. The van der Waals surface area contributed by atoms with E-state index >= 15 is 4.39 Å². The number of likely N-dealkylation sites (tertiary alicyclic amines) is 1. The molecule has 81 heavy (non-hydrogen) atoms. The molecule has 2 amide bonds. The molecule has 0 unspecified atom stereocenters. The van der Waals surface area contributed by atoms with Crippen molar-refractivity contribution in [3.05, 3.63) is 120 Å². The lowest BCUT2D eigenvalue weighted by molar-refractivity contribution is -0.142. The van der Waals surface area contributed by atoms with Crippen molar-refractivity contribution in [3.8, 4) is 51.5 Å². The van der Waals surface area contributed by atoms with Crippen LogP contribution in [-0.2, 0) is 20.9 Å². The zero-order valence-electron chi connectivity index (χ0n) is 44.4. The summed E-state index contributed by atoms with van der Waals surface area (Å²) in [4.78, 5) is 50.4. The van der Waals surface area contributed by atoms with E-state index < -0.39 is 60.1 Å². The Labute approximate surface area is 466 Å². The minimum absolute atomic E-state index is 0.00293. The van der Waals surface area contributed by atoms with Crippen molar-refractivity contribution in [2.45, 2.75) is 82.6 Å². The van der Waals surface area contributed by atoms with Crippen molar-refractivity contribution >= 4 is 55.0 Å². The number of methoxy groups -OCH3 is 1. The number of β-amino-alcohol motifs (C(OH)–C–C–N with tert-alkyl or cyclic N) is 1. The van der Waals surface area contributed by atoms with E-state index in [1.54, 1.807) is 25.6 Å². The number of nitrogen functional groups attached to an aromatic ring is 1. The van der Waals surface area contributed by atoms with E-state index in [1.165, 1.54) is 39.9 Å². The number of anilines is 2. The molecule has 0 saturated carbocycles. The fourth-order valence-electron chi connectivity index (χ4n) is 10.9. The van der Waals surface area contributed by atoms with Gasteiger partial charge in [-0.05, 0) is 48.1 Å². The fourth-order valence-corrected chi connectivity index (χ4v) is 11.9. The number of nitriles is 1. The van der Waals surface area contributed by atoms with Crippen molar-refractivity contribution in [1.29, 1.82) is 5.26 Å². The predicted octanol–water partition coefficient (Wildman–Crippen LogP) is 6.65. The molecular weight excluding hydrogens is 1070 g/mol. The van der Waals surface area contributed by atoms with Crippen LogP contribution in [0.2, 0.25) is 0 Å². The minimum Gasteiger partial charge on any atom is -0.484 e. The maximum absolute atomic E-state index is 15.5. The van der Waals surface area contributed by atoms with Gasteiger partial charge in [0, 0.05) is 68.0 Å². The van der Waals surface area contributed by atoms with Gasteiger partial charge >= 0.3 is 6.01 Å². The largest absolute Gasteiger partial charge is 0.484 e. The molecule has 8 heterocycles. The van der Waals surface area contributed by atoms with E-state index in [0.717, 1.165) is 42.3 Å². The smallest absolute Gasteiger partial charge is 0.319 e. The Bertz CT molecular complexity index is 3710. The fraction of sp³-hybridized carbons (Fsp3) is 0.351. The molecule has 7 atom stereocenters. The molecular formula is C57H56F3N13O7S. The van der Waals surface area contributed by atoms with E-state index in [9.17, 15) is 33.8 Å². The molecule has 8 aromatic rings. The van der Waals surface area contributed by atoms with E-state index in [-0.39, 0.29) is 88.4 Å². The summed E-state index contributed by atoms with van der Waals surface area (Å²) in [5.41, 5.74) is 9.74. The second-order valence-corrected chi connectivity index (χ2v) is 21.8. The molecule has 418 valence electrons. The van der Waals surface area contributed by atoms with Crippen LogP contribution >= 0.6 is 11.3 Å². The number of benzene rings is 3. The number of carbonyl (C=O) groups is 2. The van der Waals surface area contributed by atoms with Gasteiger partial charge in [0.05, 0.1) is 64.7 Å². The van der Waals surface area contributed by atoms with Crippen LogP contribution in [0, 0.1) is 34.7 Å². The predicted molar refractivity (Wildman–Crippen MR) is 294 cm³/mol. The Morgan fingerprint density at radius 2 is 1.72 bits per heavy atom. The van der Waals surface area contributed by atoms with Crippen LogP contribution in [0.3, 0.4) is 0 Å². The van der Waals surface area contributed by atoms with E-state index in [2.05, 4.69) is 36.9 Å². The number of hydrogen-bond donors (Lipinski definition) is 5. The number of thiophene rings is 1. The van der Waals surface area contributed by atoms with Gasteiger partial charge in [0.2, 0.25) is 11.8 Å². The molecule has 3 aliphatic rings. The van der Waals surface area contributed by atoms with Gasteiger partial charge in [0.15, 0.2) is 17.4 Å². The topological polar surface area (TPSA) is 265 Å². The third-order valence-electron chi connectivity index (χ3n) is 15.2. The maximum Gasteiger partial charge on any atom is 0.319 e. The monoisotopic (exact) mass is 1120 g/mol. The molecule has 0 aliphatic carbocycles. The number of pyridine rings is 2. The highest BCUT2D eigenvalue weighted by Crippen LogP contribution is 2.46. The average molecular weight is 1120 g/mol. The average Bonchev–Trinajstić information content (AvgIpc) is 4.53. The number of hydrogen-bond acceptors (Lipinski definition) is 18. The van der Waals surface area contributed by atoms with Crippen LogP contribution < -0.4 is 30.7 Å². The van der Waals surface area contributed by atoms with Crippen molar-refractivity contribution in [2.24, 2.45) is 5.92 Å². The normalized spacial score (nSPS) is 18.9. The highest BCUT2D eigenvalue weighted by Gasteiger charge is 2.44. The number of nitrogens with zero attached hydrogens (tertiary/aromatic N) is 10. The summed E-state index contributed by atoms with van der Waals surface area (Å²) >= 11 is 0.978. The lowest BCUT2D eigenvalue weighted by atomic mass is 10.0. The van der Waals surface area contributed by atoms with Gasteiger partial charge in [-0.3, -0.25) is 19.6 Å². The molecule has 2 bridgehead atoms. The van der Waals surface area contributed by atoms with Crippen LogP contribution in [0.1, 0.15) is 62.4 Å². The summed E-state index contributed by atoms with van der Waals surface area (Å²) in [6.45, 7) is 6.51. The summed E-state index contributed by atoms with van der Waals surface area (Å²) in [5, 5.41) is 47.7. The summed E-state index contributed by atoms with van der Waals surface area (Å²) in [5.74, 6) is -2.81. The first-order chi connectivity index (χ1) is 39.1. The van der Waals surface area contributed by atoms with Crippen molar-refractivity contribution in [2.75, 3.05) is 50.6 Å². The number of nitrogens with two attached hydrogens (primary N) is 1. The molecule has 5 aromatic heterocycles. The molecule has 6 N–H and O–H groups in total. The molecule has 3 fully saturated rings. The summed E-state index contributed by atoms with van der Waals surface area (Å²) < 4.78 is 64.5. The second kappa shape index (κ2) is 22.7. The Hall–Kier alpha value is -8.34. The first-order valence-corrected chi connectivity index (χ1v) is 27.1. The van der Waals surface area contributed by atoms with Crippen LogP contribution in [0.15, 0.2) is 85.5 Å². The first-order valence-electron chi connectivity index (χ1n) is 26.3. The van der Waals surface area contributed by atoms with Gasteiger partial charge in [0.25, 0.3) is 0 Å². The van der Waals surface area contributed by atoms with Crippen LogP contribution in [-0.4, -0.2) is 132 Å². The van der Waals surface area contributed by atoms with Crippen molar-refractivity contribution < 1.29 is 47.2 Å². The number of fused-ring (bicyclic) bond motifs is 4. The summed E-state index contributed by atoms with van der Waals surface area (Å²) in [7, 11) is 1.59. The molecule has 20 nitrogen and oxygen atoms in total. The lowest BCUT2D eigenvalue weighted by Crippen LogP contribution is -2.50. The van der Waals surface area contributed by atoms with Crippen LogP contribution in [0.25, 0.3) is 54.6 Å². The highest BCUT2D eigenvalue weighted by molar-refractivity contribution is 7.23. The third kappa shape index (κ3) is 10.5. The van der Waals surface area contributed by atoms with Gasteiger partial charge in [-0.15, -0.1) is 16.4 Å². The van der Waals surface area contributed by atoms with Crippen LogP contribution in [0.5, 0.6) is 11.8 Å². The number of amides is 2. The SMILES string of the molecule is CO[C@@H](C)COc1nc(N2C[C@@H]3C[C@H]2CN3)c2cnc(-c3ccc(F)c4sc(N)c(C#N)c34)c(OCc3ccc(-c4cn([C@H](C(=O)N5C[C@H](O)C[C@H]5C(=O)N[C@@H](CO)c5ccc(-c6c(F)cncc6F)cc5)C(C)C)nn4)cc3)c2n1. The van der Waals surface area contributed by atoms with Crippen LogP contribution in [0.4, 0.5) is 24.0 Å². The number of nitrogens with one attached hydrogen (secondary N) is 2. The Kier molecular flexibility index (Phi) is 15.3. The quantitative estimate of drug-likeness (QED) is 0.0602. The Morgan fingerprint density at radius 1 is 0.963 bits per heavy atom. The van der Waals surface area contributed by atoms with Crippen molar-refractivity contribution in [3.63, 3.8) is 0 Å². The number of ether oxygens (including phenoxy) is 3. The van der Waals surface area contributed by atoms with E-state index in [4.69, 9.17) is 34.9 Å². The number of piperazine rings is 1. The van der Waals surface area contributed by atoms with Crippen molar-refractivity contribution in [1.82, 2.24) is 50.5 Å². The number of aliphatic hydroxyl groups excluding tert-OH is 2. The molecule has 3 aromatic carbocycles. The highest BCUT2D eigenvalue weighted by atomic mass is 32.1. The zero-order chi connectivity index (χ0) is 56.8. The van der Waals surface area contributed by atoms with Gasteiger partial charge in [-0.1, -0.05) is 67.6 Å². The van der Waals surface area contributed by atoms with E-state index in [0.29, 0.717) is 56.7 Å². The first kappa shape index (κ1) is 54.6. The van der Waals surface area contributed by atoms with Gasteiger partial charge < -0.3 is 50.6 Å². The summed E-state index contributed by atoms with van der Waals surface area (Å²) in [6, 6.07) is 15.9. The van der Waals surface area contributed by atoms with Gasteiger partial charge in [-0.2, -0.15) is 15.2 Å². The molecule has 3 aliphatic heterocycles. The maximum atomic E-state index is 15.5. The number of halogens is 3. The molecule has 3 saturated heterocycles. The number of carbonyl (C=O) groups excluding carboxylic acids is 2. The van der Waals surface area contributed by atoms with E-state index in [1.807, 2.05) is 45.0 Å². The number of aromatic nitrogens is 7. The molecule has 0 radical (unpaired) electrons. The molecule has 11 rings (SSSR count). The van der Waals surface area contributed by atoms with Gasteiger partial charge in [0.1, 0.15) is 64.9 Å². The Morgan fingerprint density at radius 3 is 2.40 bits per heavy atom. The van der Waals surface area contributed by atoms with Gasteiger partial charge in [-0.25, -0.2) is 17.9 Å².